The van der Waals surface area contributed by atoms with Gasteiger partial charge in [0, 0.05) is 11.3 Å². The molecule has 1 atom stereocenters. The first-order valence-electron chi connectivity index (χ1n) is 8.77. The Balaban J connectivity index is 1.79. The molecular formula is C21H26N2O3S. The second kappa shape index (κ2) is 10.0. The van der Waals surface area contributed by atoms with Crippen LogP contribution in [0, 0.1) is 13.8 Å². The Labute approximate surface area is 164 Å². The van der Waals surface area contributed by atoms with E-state index in [4.69, 9.17) is 4.74 Å². The quantitative estimate of drug-likeness (QED) is 0.723. The lowest BCUT2D eigenvalue weighted by Gasteiger charge is -2.18. The first-order chi connectivity index (χ1) is 12.9. The number of rotatable bonds is 8. The smallest absolute Gasteiger partial charge is 0.234 e. The third-order valence-electron chi connectivity index (χ3n) is 4.00. The van der Waals surface area contributed by atoms with E-state index in [1.807, 2.05) is 63.2 Å². The number of aryl methyl sites for hydroxylation is 2. The van der Waals surface area contributed by atoms with Gasteiger partial charge in [0.2, 0.25) is 11.8 Å². The Morgan fingerprint density at radius 3 is 2.44 bits per heavy atom. The average molecular weight is 387 g/mol. The normalized spacial score (nSPS) is 11.6. The van der Waals surface area contributed by atoms with E-state index in [9.17, 15) is 9.59 Å². The number of amides is 2. The lowest BCUT2D eigenvalue weighted by atomic mass is 10.0. The molecule has 0 aliphatic rings. The summed E-state index contributed by atoms with van der Waals surface area (Å²) in [6.07, 6.45) is 0. The Kier molecular flexibility index (Phi) is 7.73. The molecule has 0 spiro atoms. The van der Waals surface area contributed by atoms with E-state index in [-0.39, 0.29) is 29.4 Å². The minimum atomic E-state index is -0.172. The van der Waals surface area contributed by atoms with Crippen molar-refractivity contribution in [3.63, 3.8) is 0 Å². The van der Waals surface area contributed by atoms with Gasteiger partial charge in [-0.05, 0) is 44.5 Å². The number of methoxy groups -OCH3 is 1. The van der Waals surface area contributed by atoms with Crippen LogP contribution in [0.3, 0.4) is 0 Å². The molecule has 0 aliphatic heterocycles. The molecule has 2 rings (SSSR count). The highest BCUT2D eigenvalue weighted by Crippen LogP contribution is 2.26. The van der Waals surface area contributed by atoms with E-state index in [1.54, 1.807) is 7.11 Å². The zero-order valence-electron chi connectivity index (χ0n) is 16.2. The van der Waals surface area contributed by atoms with Crippen LogP contribution < -0.4 is 15.4 Å². The van der Waals surface area contributed by atoms with E-state index in [0.29, 0.717) is 0 Å². The molecule has 0 unspecified atom stereocenters. The molecule has 144 valence electrons. The highest BCUT2D eigenvalue weighted by Gasteiger charge is 2.15. The number of anilines is 1. The number of ether oxygens (including phenoxy) is 1. The minimum Gasteiger partial charge on any atom is -0.496 e. The predicted octanol–water partition coefficient (Wildman–Crippen LogP) is 3.86. The Morgan fingerprint density at radius 2 is 1.74 bits per heavy atom. The highest BCUT2D eigenvalue weighted by atomic mass is 32.2. The van der Waals surface area contributed by atoms with Gasteiger partial charge in [0.05, 0.1) is 24.7 Å². The number of nitrogens with one attached hydrogen (secondary N) is 2. The van der Waals surface area contributed by atoms with Crippen LogP contribution in [0.25, 0.3) is 0 Å². The van der Waals surface area contributed by atoms with Crippen LogP contribution in [-0.2, 0) is 9.59 Å². The number of benzene rings is 2. The monoisotopic (exact) mass is 386 g/mol. The van der Waals surface area contributed by atoms with Gasteiger partial charge in [-0.15, -0.1) is 11.8 Å². The minimum absolute atomic E-state index is 0.112. The van der Waals surface area contributed by atoms with Gasteiger partial charge in [0.15, 0.2) is 0 Å². The lowest BCUT2D eigenvalue weighted by Crippen LogP contribution is -2.29. The Morgan fingerprint density at radius 1 is 1.04 bits per heavy atom. The summed E-state index contributed by atoms with van der Waals surface area (Å²) in [7, 11) is 1.62. The number of hydrogen-bond acceptors (Lipinski definition) is 4. The molecule has 0 saturated heterocycles. The largest absolute Gasteiger partial charge is 0.496 e. The summed E-state index contributed by atoms with van der Waals surface area (Å²) in [5, 5.41) is 5.79. The van der Waals surface area contributed by atoms with E-state index < -0.39 is 0 Å². The van der Waals surface area contributed by atoms with Crippen LogP contribution in [0.5, 0.6) is 5.75 Å². The SMILES string of the molecule is COc1ccc(C)cc1[C@@H](C)NC(=O)CSCC(=O)Nc1cccc(C)c1. The molecule has 0 aliphatic carbocycles. The van der Waals surface area contributed by atoms with Gasteiger partial charge in [0.1, 0.15) is 5.75 Å². The van der Waals surface area contributed by atoms with E-state index >= 15 is 0 Å². The highest BCUT2D eigenvalue weighted by molar-refractivity contribution is 8.00. The third-order valence-corrected chi connectivity index (χ3v) is 4.93. The van der Waals surface area contributed by atoms with Gasteiger partial charge < -0.3 is 15.4 Å². The van der Waals surface area contributed by atoms with Crippen molar-refractivity contribution in [2.75, 3.05) is 23.9 Å². The number of hydrogen-bond donors (Lipinski definition) is 2. The van der Waals surface area contributed by atoms with Crippen LogP contribution >= 0.6 is 11.8 Å². The molecule has 2 amide bonds. The fraction of sp³-hybridized carbons (Fsp3) is 0.333. The van der Waals surface area contributed by atoms with Crippen LogP contribution in [0.4, 0.5) is 5.69 Å². The molecule has 0 radical (unpaired) electrons. The summed E-state index contributed by atoms with van der Waals surface area (Å²) in [5.41, 5.74) is 3.90. The molecule has 0 saturated carbocycles. The molecule has 2 N–H and O–H groups in total. The summed E-state index contributed by atoms with van der Waals surface area (Å²) < 4.78 is 5.37. The first kappa shape index (κ1) is 20.8. The lowest BCUT2D eigenvalue weighted by molar-refractivity contribution is -0.119. The van der Waals surface area contributed by atoms with Crippen molar-refractivity contribution in [3.05, 3.63) is 59.2 Å². The summed E-state index contributed by atoms with van der Waals surface area (Å²) >= 11 is 1.29. The fourth-order valence-corrected chi connectivity index (χ4v) is 3.34. The summed E-state index contributed by atoms with van der Waals surface area (Å²) in [6.45, 7) is 5.89. The molecule has 0 bridgehead atoms. The van der Waals surface area contributed by atoms with Crippen molar-refractivity contribution in [2.24, 2.45) is 0 Å². The maximum atomic E-state index is 12.2. The Hall–Kier alpha value is -2.47. The fourth-order valence-electron chi connectivity index (χ4n) is 2.71. The van der Waals surface area contributed by atoms with Crippen molar-refractivity contribution in [3.8, 4) is 5.75 Å². The maximum Gasteiger partial charge on any atom is 0.234 e. The van der Waals surface area contributed by atoms with Crippen molar-refractivity contribution in [1.29, 1.82) is 0 Å². The first-order valence-corrected chi connectivity index (χ1v) is 9.92. The van der Waals surface area contributed by atoms with Crippen LogP contribution in [-0.4, -0.2) is 30.4 Å². The molecule has 27 heavy (non-hydrogen) atoms. The van der Waals surface area contributed by atoms with Crippen molar-refractivity contribution >= 4 is 29.3 Å². The van der Waals surface area contributed by atoms with E-state index in [2.05, 4.69) is 10.6 Å². The maximum absolute atomic E-state index is 12.2. The van der Waals surface area contributed by atoms with Crippen LogP contribution in [0.15, 0.2) is 42.5 Å². The number of carbonyl (C=O) groups excluding carboxylic acids is 2. The molecule has 2 aromatic rings. The second-order valence-electron chi connectivity index (χ2n) is 6.45. The number of carbonyl (C=O) groups is 2. The Bertz CT molecular complexity index is 808. The van der Waals surface area contributed by atoms with Crippen molar-refractivity contribution < 1.29 is 14.3 Å². The predicted molar refractivity (Wildman–Crippen MR) is 111 cm³/mol. The number of thioether (sulfide) groups is 1. The zero-order valence-corrected chi connectivity index (χ0v) is 17.0. The third kappa shape index (κ3) is 6.64. The van der Waals surface area contributed by atoms with E-state index in [1.165, 1.54) is 11.8 Å². The molecule has 0 fully saturated rings. The van der Waals surface area contributed by atoms with Gasteiger partial charge in [-0.3, -0.25) is 9.59 Å². The summed E-state index contributed by atoms with van der Waals surface area (Å²) in [6, 6.07) is 13.3. The van der Waals surface area contributed by atoms with Crippen LogP contribution in [0.1, 0.15) is 29.7 Å². The standard InChI is InChI=1S/C21H26N2O3S/c1-14-6-5-7-17(10-14)23-21(25)13-27-12-20(24)22-16(3)18-11-15(2)8-9-19(18)26-4/h5-11,16H,12-13H2,1-4H3,(H,22,24)(H,23,25)/t16-/m1/s1. The van der Waals surface area contributed by atoms with Crippen molar-refractivity contribution in [1.82, 2.24) is 5.32 Å². The van der Waals surface area contributed by atoms with Gasteiger partial charge >= 0.3 is 0 Å². The average Bonchev–Trinajstić information content (AvgIpc) is 2.61. The molecule has 6 heteroatoms. The van der Waals surface area contributed by atoms with Gasteiger partial charge in [0.25, 0.3) is 0 Å². The molecule has 0 aromatic heterocycles. The van der Waals surface area contributed by atoms with Gasteiger partial charge in [-0.25, -0.2) is 0 Å². The molecule has 2 aromatic carbocycles. The molecule has 0 heterocycles. The summed E-state index contributed by atoms with van der Waals surface area (Å²) in [5.74, 6) is 0.966. The van der Waals surface area contributed by atoms with Crippen LogP contribution in [0.2, 0.25) is 0 Å². The summed E-state index contributed by atoms with van der Waals surface area (Å²) in [4.78, 5) is 24.2. The second-order valence-corrected chi connectivity index (χ2v) is 7.43. The molecule has 5 nitrogen and oxygen atoms in total. The van der Waals surface area contributed by atoms with Gasteiger partial charge in [-0.2, -0.15) is 0 Å². The van der Waals surface area contributed by atoms with E-state index in [0.717, 1.165) is 28.1 Å². The van der Waals surface area contributed by atoms with Crippen molar-refractivity contribution in [2.45, 2.75) is 26.8 Å². The van der Waals surface area contributed by atoms with Gasteiger partial charge in [-0.1, -0.05) is 29.8 Å². The molecular weight excluding hydrogens is 360 g/mol. The topological polar surface area (TPSA) is 67.4 Å². The zero-order chi connectivity index (χ0) is 19.8.